The van der Waals surface area contributed by atoms with Gasteiger partial charge in [0.05, 0.1) is 10.7 Å². The van der Waals surface area contributed by atoms with E-state index in [1.54, 1.807) is 0 Å². The molecule has 110 valence electrons. The first kappa shape index (κ1) is 15.7. The van der Waals surface area contributed by atoms with Crippen LogP contribution >= 0.6 is 22.7 Å². The van der Waals surface area contributed by atoms with E-state index >= 15 is 0 Å². The quantitative estimate of drug-likeness (QED) is 0.804. The lowest BCUT2D eigenvalue weighted by Crippen LogP contribution is -2.23. The van der Waals surface area contributed by atoms with Crippen molar-refractivity contribution in [3.8, 4) is 0 Å². The normalized spacial score (nSPS) is 12.8. The molecule has 0 amide bonds. The number of thiazole rings is 1. The number of rotatable bonds is 7. The zero-order chi connectivity index (χ0) is 14.5. The number of hydrogen-bond donors (Lipinski definition) is 1. The van der Waals surface area contributed by atoms with Crippen LogP contribution in [0.25, 0.3) is 0 Å². The molecule has 0 fully saturated rings. The first-order chi connectivity index (χ1) is 9.63. The predicted molar refractivity (Wildman–Crippen MR) is 90.0 cm³/mol. The number of aryl methyl sites for hydroxylation is 3. The lowest BCUT2D eigenvalue weighted by molar-refractivity contribution is 0.535. The van der Waals surface area contributed by atoms with Gasteiger partial charge in [-0.15, -0.1) is 22.7 Å². The van der Waals surface area contributed by atoms with Crippen molar-refractivity contribution in [1.29, 1.82) is 0 Å². The van der Waals surface area contributed by atoms with Gasteiger partial charge in [0.15, 0.2) is 0 Å². The molecule has 1 atom stereocenters. The third kappa shape index (κ3) is 3.90. The van der Waals surface area contributed by atoms with Crippen LogP contribution in [0.5, 0.6) is 0 Å². The van der Waals surface area contributed by atoms with E-state index in [0.29, 0.717) is 6.04 Å². The molecule has 0 aromatic carbocycles. The third-order valence-corrected chi connectivity index (χ3v) is 5.91. The maximum atomic E-state index is 4.69. The number of aromatic nitrogens is 1. The summed E-state index contributed by atoms with van der Waals surface area (Å²) in [6.45, 7) is 9.76. The van der Waals surface area contributed by atoms with E-state index in [1.807, 2.05) is 22.7 Å². The summed E-state index contributed by atoms with van der Waals surface area (Å²) in [5.74, 6) is 0. The summed E-state index contributed by atoms with van der Waals surface area (Å²) in [6, 6.07) is 4.95. The molecule has 2 rings (SSSR count). The van der Waals surface area contributed by atoms with E-state index in [0.717, 1.165) is 19.4 Å². The topological polar surface area (TPSA) is 24.9 Å². The highest BCUT2D eigenvalue weighted by atomic mass is 32.1. The molecular formula is C16H24N2S2. The van der Waals surface area contributed by atoms with E-state index in [-0.39, 0.29) is 0 Å². The van der Waals surface area contributed by atoms with Crippen LogP contribution in [0, 0.1) is 13.8 Å². The van der Waals surface area contributed by atoms with Crippen LogP contribution in [0.1, 0.15) is 51.6 Å². The van der Waals surface area contributed by atoms with Crippen molar-refractivity contribution in [3.63, 3.8) is 0 Å². The molecular weight excluding hydrogens is 284 g/mol. The van der Waals surface area contributed by atoms with Crippen LogP contribution in [0.2, 0.25) is 0 Å². The van der Waals surface area contributed by atoms with Gasteiger partial charge in [0, 0.05) is 27.1 Å². The van der Waals surface area contributed by atoms with Gasteiger partial charge in [0.1, 0.15) is 0 Å². The standard InChI is InChI=1S/C16H24N2S2/c1-5-9-17-14(15-8-7-13(6-2)20-15)10-16-18-11(3)12(4)19-16/h7-8,14,17H,5-6,9-10H2,1-4H3. The van der Waals surface area contributed by atoms with Crippen LogP contribution in [0.4, 0.5) is 0 Å². The molecule has 1 N–H and O–H groups in total. The maximum absolute atomic E-state index is 4.69. The van der Waals surface area contributed by atoms with Gasteiger partial charge in [-0.3, -0.25) is 0 Å². The van der Waals surface area contributed by atoms with Crippen LogP contribution < -0.4 is 5.32 Å². The molecule has 0 radical (unpaired) electrons. The summed E-state index contributed by atoms with van der Waals surface area (Å²) < 4.78 is 0. The summed E-state index contributed by atoms with van der Waals surface area (Å²) in [5.41, 5.74) is 1.18. The minimum atomic E-state index is 0.408. The zero-order valence-corrected chi connectivity index (χ0v) is 14.5. The second kappa shape index (κ2) is 7.34. The highest BCUT2D eigenvalue weighted by molar-refractivity contribution is 7.12. The van der Waals surface area contributed by atoms with Gasteiger partial charge in [-0.1, -0.05) is 13.8 Å². The molecule has 0 bridgehead atoms. The summed E-state index contributed by atoms with van der Waals surface area (Å²) >= 11 is 3.77. The number of hydrogen-bond acceptors (Lipinski definition) is 4. The molecule has 1 unspecified atom stereocenters. The van der Waals surface area contributed by atoms with Crippen molar-refractivity contribution in [3.05, 3.63) is 37.5 Å². The SMILES string of the molecule is CCCNC(Cc1nc(C)c(C)s1)c1ccc(CC)s1. The van der Waals surface area contributed by atoms with Gasteiger partial charge in [0.2, 0.25) is 0 Å². The number of nitrogens with zero attached hydrogens (tertiary/aromatic N) is 1. The lowest BCUT2D eigenvalue weighted by Gasteiger charge is -2.15. The molecule has 0 saturated heterocycles. The molecule has 0 aliphatic rings. The van der Waals surface area contributed by atoms with E-state index in [4.69, 9.17) is 4.98 Å². The highest BCUT2D eigenvalue weighted by Crippen LogP contribution is 2.28. The fraction of sp³-hybridized carbons (Fsp3) is 0.562. The van der Waals surface area contributed by atoms with Crippen LogP contribution in [-0.4, -0.2) is 11.5 Å². The molecule has 2 heterocycles. The summed E-state index contributed by atoms with van der Waals surface area (Å²) in [6.07, 6.45) is 3.29. The Morgan fingerprint density at radius 2 is 2.00 bits per heavy atom. The Morgan fingerprint density at radius 3 is 2.55 bits per heavy atom. The monoisotopic (exact) mass is 308 g/mol. The molecule has 4 heteroatoms. The van der Waals surface area contributed by atoms with Gasteiger partial charge in [0.25, 0.3) is 0 Å². The fourth-order valence-corrected chi connectivity index (χ4v) is 4.17. The van der Waals surface area contributed by atoms with E-state index in [2.05, 4.69) is 45.1 Å². The van der Waals surface area contributed by atoms with Crippen molar-refractivity contribution < 1.29 is 0 Å². The number of thiophene rings is 1. The predicted octanol–water partition coefficient (Wildman–Crippen LogP) is 4.67. The average molecular weight is 309 g/mol. The molecule has 0 aliphatic carbocycles. The van der Waals surface area contributed by atoms with E-state index in [9.17, 15) is 0 Å². The Labute approximate surface area is 130 Å². The second-order valence-corrected chi connectivity index (χ2v) is 7.61. The Kier molecular flexibility index (Phi) is 5.75. The lowest BCUT2D eigenvalue weighted by atomic mass is 10.1. The third-order valence-electron chi connectivity index (χ3n) is 3.47. The Balaban J connectivity index is 2.14. The van der Waals surface area contributed by atoms with Gasteiger partial charge < -0.3 is 5.32 Å². The Bertz CT molecular complexity index is 523. The molecule has 2 nitrogen and oxygen atoms in total. The van der Waals surface area contributed by atoms with Gasteiger partial charge in [-0.25, -0.2) is 4.98 Å². The molecule has 0 saturated carbocycles. The minimum Gasteiger partial charge on any atom is -0.309 e. The highest BCUT2D eigenvalue weighted by Gasteiger charge is 2.16. The van der Waals surface area contributed by atoms with Gasteiger partial charge in [-0.2, -0.15) is 0 Å². The van der Waals surface area contributed by atoms with Gasteiger partial charge >= 0.3 is 0 Å². The van der Waals surface area contributed by atoms with Crippen LogP contribution in [0.15, 0.2) is 12.1 Å². The van der Waals surface area contributed by atoms with Crippen LogP contribution in [-0.2, 0) is 12.8 Å². The van der Waals surface area contributed by atoms with E-state index < -0.39 is 0 Å². The molecule has 2 aromatic rings. The average Bonchev–Trinajstić information content (AvgIpc) is 3.02. The molecule has 0 aliphatic heterocycles. The largest absolute Gasteiger partial charge is 0.309 e. The molecule has 2 aromatic heterocycles. The fourth-order valence-electron chi connectivity index (χ4n) is 2.16. The van der Waals surface area contributed by atoms with Crippen molar-refractivity contribution >= 4 is 22.7 Å². The van der Waals surface area contributed by atoms with Crippen molar-refractivity contribution in [1.82, 2.24) is 10.3 Å². The zero-order valence-electron chi connectivity index (χ0n) is 12.8. The maximum Gasteiger partial charge on any atom is 0.0950 e. The van der Waals surface area contributed by atoms with Crippen molar-refractivity contribution in [2.24, 2.45) is 0 Å². The second-order valence-electron chi connectivity index (χ2n) is 5.12. The van der Waals surface area contributed by atoms with E-state index in [1.165, 1.54) is 31.8 Å². The first-order valence-electron chi connectivity index (χ1n) is 7.38. The minimum absolute atomic E-state index is 0.408. The first-order valence-corrected chi connectivity index (χ1v) is 9.02. The van der Waals surface area contributed by atoms with Crippen molar-refractivity contribution in [2.45, 2.75) is 53.0 Å². The van der Waals surface area contributed by atoms with Gasteiger partial charge in [-0.05, 0) is 45.4 Å². The number of nitrogens with one attached hydrogen (secondary N) is 1. The Morgan fingerprint density at radius 1 is 1.20 bits per heavy atom. The summed E-state index contributed by atoms with van der Waals surface area (Å²) in [5, 5.41) is 4.93. The van der Waals surface area contributed by atoms with Crippen molar-refractivity contribution in [2.75, 3.05) is 6.54 Å². The smallest absolute Gasteiger partial charge is 0.0950 e. The van der Waals surface area contributed by atoms with Crippen LogP contribution in [0.3, 0.4) is 0 Å². The summed E-state index contributed by atoms with van der Waals surface area (Å²) in [4.78, 5) is 8.95. The summed E-state index contributed by atoms with van der Waals surface area (Å²) in [7, 11) is 0. The molecule has 0 spiro atoms. The Hall–Kier alpha value is -0.710. The molecule has 20 heavy (non-hydrogen) atoms.